The fourth-order valence-electron chi connectivity index (χ4n) is 3.83. The molecule has 1 fully saturated rings. The van der Waals surface area contributed by atoms with Crippen LogP contribution in [0.5, 0.6) is 5.75 Å². The highest BCUT2D eigenvalue weighted by atomic mass is 79.9. The first-order valence-electron chi connectivity index (χ1n) is 11.9. The van der Waals surface area contributed by atoms with E-state index in [9.17, 15) is 14.0 Å². The number of anilines is 2. The summed E-state index contributed by atoms with van der Waals surface area (Å²) in [5.41, 5.74) is 3.12. The zero-order valence-electron chi connectivity index (χ0n) is 20.6. The predicted octanol–water partition coefficient (Wildman–Crippen LogP) is 8.59. The number of thiocarbonyl (C=S) groups is 1. The van der Waals surface area contributed by atoms with Gasteiger partial charge in [-0.3, -0.25) is 14.5 Å². The zero-order chi connectivity index (χ0) is 28.2. The summed E-state index contributed by atoms with van der Waals surface area (Å²) >= 11 is 13.7. The Balaban J connectivity index is 1.29. The van der Waals surface area contributed by atoms with E-state index in [-0.39, 0.29) is 11.8 Å². The lowest BCUT2D eigenvalue weighted by Crippen LogP contribution is -2.27. The van der Waals surface area contributed by atoms with E-state index in [1.165, 1.54) is 40.9 Å². The van der Waals surface area contributed by atoms with E-state index in [1.54, 1.807) is 30.3 Å². The molecule has 0 unspecified atom stereocenters. The number of thioether (sulfide) groups is 1. The van der Waals surface area contributed by atoms with Crippen LogP contribution in [0.15, 0.2) is 105 Å². The molecule has 1 saturated heterocycles. The molecule has 5 rings (SSSR count). The Morgan fingerprint density at radius 1 is 1.00 bits per heavy atom. The molecule has 0 bridgehead atoms. The van der Waals surface area contributed by atoms with Crippen LogP contribution in [0.2, 0.25) is 0 Å². The number of hydrogen-bond acceptors (Lipinski definition) is 5. The van der Waals surface area contributed by atoms with Crippen LogP contribution < -0.4 is 15.0 Å². The van der Waals surface area contributed by atoms with E-state index in [4.69, 9.17) is 17.0 Å². The molecule has 0 aliphatic carbocycles. The standard InChI is InChI=1S/C30H19Br2FN2O3S2/c31-21-7-4-18(5-8-21)17-38-26-13-6-19(14-25(26)32)15-27-29(37)35(30(39)40-27)24-3-1-2-20(16-24)28(36)34-23-11-9-22(33)10-12-23/h1-16H,17H2,(H,34,36)/b27-15+. The van der Waals surface area contributed by atoms with Crippen LogP contribution in [0.25, 0.3) is 6.08 Å². The molecular weight excluding hydrogens is 679 g/mol. The van der Waals surface area contributed by atoms with E-state index in [0.29, 0.717) is 38.5 Å². The summed E-state index contributed by atoms with van der Waals surface area (Å²) in [5, 5.41) is 2.72. The Labute approximate surface area is 256 Å². The Kier molecular flexibility index (Phi) is 8.80. The molecule has 40 heavy (non-hydrogen) atoms. The molecule has 1 aliphatic rings. The first-order chi connectivity index (χ1) is 19.3. The minimum atomic E-state index is -0.393. The van der Waals surface area contributed by atoms with Crippen molar-refractivity contribution in [3.63, 3.8) is 0 Å². The summed E-state index contributed by atoms with van der Waals surface area (Å²) in [6.07, 6.45) is 1.77. The highest BCUT2D eigenvalue weighted by Crippen LogP contribution is 2.37. The second-order valence-electron chi connectivity index (χ2n) is 8.63. The molecule has 200 valence electrons. The summed E-state index contributed by atoms with van der Waals surface area (Å²) in [5.74, 6) is -0.376. The van der Waals surface area contributed by atoms with E-state index >= 15 is 0 Å². The van der Waals surface area contributed by atoms with Crippen molar-refractivity contribution in [2.75, 3.05) is 10.2 Å². The minimum absolute atomic E-state index is 0.280. The van der Waals surface area contributed by atoms with Crippen molar-refractivity contribution in [3.8, 4) is 5.75 Å². The van der Waals surface area contributed by atoms with Gasteiger partial charge in [-0.25, -0.2) is 4.39 Å². The van der Waals surface area contributed by atoms with Gasteiger partial charge in [0.25, 0.3) is 11.8 Å². The Hall–Kier alpha value is -3.31. The molecule has 4 aromatic carbocycles. The van der Waals surface area contributed by atoms with E-state index < -0.39 is 5.82 Å². The average molecular weight is 698 g/mol. The maximum Gasteiger partial charge on any atom is 0.270 e. The molecule has 5 nitrogen and oxygen atoms in total. The maximum atomic E-state index is 13.3. The number of amides is 2. The van der Waals surface area contributed by atoms with Crippen molar-refractivity contribution in [1.82, 2.24) is 0 Å². The number of halogens is 3. The van der Waals surface area contributed by atoms with E-state index in [1.807, 2.05) is 42.5 Å². The van der Waals surface area contributed by atoms with Gasteiger partial charge in [0.05, 0.1) is 15.1 Å². The third-order valence-electron chi connectivity index (χ3n) is 5.82. The lowest BCUT2D eigenvalue weighted by molar-refractivity contribution is -0.113. The summed E-state index contributed by atoms with van der Waals surface area (Å²) < 4.78 is 21.2. The molecule has 1 aliphatic heterocycles. The van der Waals surface area contributed by atoms with E-state index in [2.05, 4.69) is 37.2 Å². The number of nitrogens with one attached hydrogen (secondary N) is 1. The van der Waals surface area contributed by atoms with Crippen LogP contribution in [0.3, 0.4) is 0 Å². The first-order valence-corrected chi connectivity index (χ1v) is 14.7. The average Bonchev–Trinajstić information content (AvgIpc) is 3.22. The van der Waals surface area contributed by atoms with Crippen LogP contribution in [-0.2, 0) is 11.4 Å². The van der Waals surface area contributed by atoms with Gasteiger partial charge in [0.1, 0.15) is 18.2 Å². The summed E-state index contributed by atoms with van der Waals surface area (Å²) in [6, 6.07) is 25.6. The third-order valence-corrected chi connectivity index (χ3v) is 8.27. The number of ether oxygens (including phenoxy) is 1. The Bertz CT molecular complexity index is 1640. The molecule has 0 atom stereocenters. The molecular formula is C30H19Br2FN2O3S2. The molecule has 2 amide bonds. The van der Waals surface area contributed by atoms with Gasteiger partial charge in [0.2, 0.25) is 0 Å². The molecule has 10 heteroatoms. The topological polar surface area (TPSA) is 58.6 Å². The van der Waals surface area contributed by atoms with Crippen LogP contribution in [0, 0.1) is 5.82 Å². The van der Waals surface area contributed by atoms with Crippen LogP contribution >= 0.6 is 55.8 Å². The number of hydrogen-bond donors (Lipinski definition) is 1. The summed E-state index contributed by atoms with van der Waals surface area (Å²) in [4.78, 5) is 28.0. The van der Waals surface area contributed by atoms with Crippen molar-refractivity contribution in [3.05, 3.63) is 127 Å². The van der Waals surface area contributed by atoms with Gasteiger partial charge in [-0.1, -0.05) is 64.2 Å². The second kappa shape index (κ2) is 12.5. The lowest BCUT2D eigenvalue weighted by atomic mass is 10.1. The fraction of sp³-hybridized carbons (Fsp3) is 0.0333. The third kappa shape index (κ3) is 6.69. The molecule has 4 aromatic rings. The highest BCUT2D eigenvalue weighted by Gasteiger charge is 2.33. The predicted molar refractivity (Wildman–Crippen MR) is 169 cm³/mol. The van der Waals surface area contributed by atoms with Crippen molar-refractivity contribution in [2.45, 2.75) is 6.61 Å². The summed E-state index contributed by atoms with van der Waals surface area (Å²) in [7, 11) is 0. The molecule has 1 N–H and O–H groups in total. The highest BCUT2D eigenvalue weighted by molar-refractivity contribution is 9.10. The minimum Gasteiger partial charge on any atom is -0.488 e. The van der Waals surface area contributed by atoms with Gasteiger partial charge in [-0.2, -0.15) is 0 Å². The molecule has 1 heterocycles. The molecule has 0 aromatic heterocycles. The van der Waals surface area contributed by atoms with Gasteiger partial charge >= 0.3 is 0 Å². The van der Waals surface area contributed by atoms with Gasteiger partial charge < -0.3 is 10.1 Å². The van der Waals surface area contributed by atoms with Crippen molar-refractivity contribution in [1.29, 1.82) is 0 Å². The molecule has 0 saturated carbocycles. The Morgan fingerprint density at radius 3 is 2.48 bits per heavy atom. The SMILES string of the molecule is O=C(Nc1ccc(F)cc1)c1cccc(N2C(=O)/C(=C\c3ccc(OCc4ccc(Br)cc4)c(Br)c3)SC2=S)c1. The first kappa shape index (κ1) is 28.2. The number of carbonyl (C=O) groups is 2. The number of carbonyl (C=O) groups excluding carboxylic acids is 2. The number of nitrogens with zero attached hydrogens (tertiary/aromatic N) is 1. The zero-order valence-corrected chi connectivity index (χ0v) is 25.4. The monoisotopic (exact) mass is 696 g/mol. The van der Waals surface area contributed by atoms with Gasteiger partial charge in [0, 0.05) is 15.7 Å². The van der Waals surface area contributed by atoms with E-state index in [0.717, 1.165) is 20.1 Å². The normalized spacial score (nSPS) is 14.1. The van der Waals surface area contributed by atoms with Crippen molar-refractivity contribution >= 4 is 89.4 Å². The van der Waals surface area contributed by atoms with Gasteiger partial charge in [0.15, 0.2) is 4.32 Å². The van der Waals surface area contributed by atoms with Crippen molar-refractivity contribution < 1.29 is 18.7 Å². The van der Waals surface area contributed by atoms with Crippen LogP contribution in [0.4, 0.5) is 15.8 Å². The van der Waals surface area contributed by atoms with Crippen LogP contribution in [-0.4, -0.2) is 16.1 Å². The number of benzene rings is 4. The largest absolute Gasteiger partial charge is 0.488 e. The van der Waals surface area contributed by atoms with Gasteiger partial charge in [-0.15, -0.1) is 0 Å². The van der Waals surface area contributed by atoms with Crippen molar-refractivity contribution in [2.24, 2.45) is 0 Å². The fourth-order valence-corrected chi connectivity index (χ4v) is 5.90. The number of rotatable bonds is 7. The lowest BCUT2D eigenvalue weighted by Gasteiger charge is -2.15. The van der Waals surface area contributed by atoms with Crippen LogP contribution in [0.1, 0.15) is 21.5 Å². The van der Waals surface area contributed by atoms with Gasteiger partial charge in [-0.05, 0) is 99.9 Å². The molecule has 0 radical (unpaired) electrons. The maximum absolute atomic E-state index is 13.3. The molecule has 0 spiro atoms. The Morgan fingerprint density at radius 2 is 1.75 bits per heavy atom. The second-order valence-corrected chi connectivity index (χ2v) is 12.1. The quantitative estimate of drug-likeness (QED) is 0.155. The smallest absolute Gasteiger partial charge is 0.270 e. The summed E-state index contributed by atoms with van der Waals surface area (Å²) in [6.45, 7) is 0.421.